The minimum Gasteiger partial charge on any atom is -0.471 e. The summed E-state index contributed by atoms with van der Waals surface area (Å²) in [5.41, 5.74) is 4.88. The number of nitrogens with two attached hydrogens (primary N) is 1. The Bertz CT molecular complexity index is 482. The Hall–Kier alpha value is -1.67. The molecule has 0 fully saturated rings. The van der Waals surface area contributed by atoms with Crippen LogP contribution in [0, 0.1) is 0 Å². The first-order chi connectivity index (χ1) is 8.83. The Labute approximate surface area is 112 Å². The molecule has 9 heteroatoms. The van der Waals surface area contributed by atoms with Gasteiger partial charge >= 0.3 is 12.1 Å². The second-order valence-electron chi connectivity index (χ2n) is 5.20. The highest BCUT2D eigenvalue weighted by Crippen LogP contribution is 2.35. The van der Waals surface area contributed by atoms with Crippen LogP contribution in [0.15, 0.2) is 6.07 Å². The molecule has 0 saturated heterocycles. The number of rotatable bonds is 3. The highest BCUT2D eigenvalue weighted by Gasteiger charge is 2.58. The molecule has 1 aromatic heterocycles. The molecule has 1 heterocycles. The standard InChI is InChI=1S/C11H14F5N3O/c1-9(2,3)8-18-6(17)4-7(19-8)20-5-10(12,13)11(14,15)16/h4H,5H2,1-3H3,(H2,17,18,19). The molecule has 0 amide bonds. The monoisotopic (exact) mass is 299 g/mol. The molecule has 0 aliphatic heterocycles. The van der Waals surface area contributed by atoms with E-state index in [4.69, 9.17) is 5.73 Å². The first-order valence-corrected chi connectivity index (χ1v) is 5.55. The third-order valence-electron chi connectivity index (χ3n) is 2.21. The van der Waals surface area contributed by atoms with Gasteiger partial charge in [0, 0.05) is 11.5 Å². The van der Waals surface area contributed by atoms with Gasteiger partial charge in [-0.25, -0.2) is 4.98 Å². The van der Waals surface area contributed by atoms with Crippen molar-refractivity contribution in [1.82, 2.24) is 9.97 Å². The average molecular weight is 299 g/mol. The second kappa shape index (κ2) is 5.02. The fraction of sp³-hybridized carbons (Fsp3) is 0.636. The zero-order valence-electron chi connectivity index (χ0n) is 11.1. The van der Waals surface area contributed by atoms with Gasteiger partial charge in [-0.3, -0.25) is 0 Å². The van der Waals surface area contributed by atoms with Crippen molar-refractivity contribution in [3.05, 3.63) is 11.9 Å². The Balaban J connectivity index is 2.92. The summed E-state index contributed by atoms with van der Waals surface area (Å²) >= 11 is 0. The van der Waals surface area contributed by atoms with E-state index in [1.54, 1.807) is 20.8 Å². The number of anilines is 1. The smallest absolute Gasteiger partial charge is 0.456 e. The van der Waals surface area contributed by atoms with Crippen molar-refractivity contribution in [2.75, 3.05) is 12.3 Å². The molecule has 0 bridgehead atoms. The summed E-state index contributed by atoms with van der Waals surface area (Å²) < 4.78 is 65.9. The number of hydrogen-bond donors (Lipinski definition) is 1. The van der Waals surface area contributed by atoms with E-state index < -0.39 is 30.0 Å². The maximum absolute atomic E-state index is 12.7. The van der Waals surface area contributed by atoms with Gasteiger partial charge in [-0.2, -0.15) is 26.9 Å². The number of aromatic nitrogens is 2. The van der Waals surface area contributed by atoms with E-state index in [-0.39, 0.29) is 11.6 Å². The van der Waals surface area contributed by atoms with E-state index in [1.165, 1.54) is 0 Å². The number of ether oxygens (including phenoxy) is 1. The van der Waals surface area contributed by atoms with E-state index in [0.29, 0.717) is 0 Å². The van der Waals surface area contributed by atoms with Crippen molar-refractivity contribution >= 4 is 5.82 Å². The normalized spacial score (nSPS) is 13.4. The minimum atomic E-state index is -5.68. The van der Waals surface area contributed by atoms with Crippen LogP contribution in [0.25, 0.3) is 0 Å². The van der Waals surface area contributed by atoms with Crippen LogP contribution in [0.4, 0.5) is 27.8 Å². The molecule has 0 radical (unpaired) electrons. The Morgan fingerprint density at radius 3 is 2.10 bits per heavy atom. The predicted molar refractivity (Wildman–Crippen MR) is 61.6 cm³/mol. The topological polar surface area (TPSA) is 61.0 Å². The lowest BCUT2D eigenvalue weighted by atomic mass is 9.96. The van der Waals surface area contributed by atoms with E-state index in [1.807, 2.05) is 0 Å². The Morgan fingerprint density at radius 1 is 1.10 bits per heavy atom. The van der Waals surface area contributed by atoms with Crippen molar-refractivity contribution in [2.24, 2.45) is 0 Å². The number of halogens is 5. The SMILES string of the molecule is CC(C)(C)c1nc(N)cc(OCC(F)(F)C(F)(F)F)n1. The van der Waals surface area contributed by atoms with E-state index in [9.17, 15) is 22.0 Å². The van der Waals surface area contributed by atoms with Gasteiger partial charge < -0.3 is 10.5 Å². The molecule has 0 aromatic carbocycles. The Kier molecular flexibility index (Phi) is 4.12. The molecule has 4 nitrogen and oxygen atoms in total. The summed E-state index contributed by atoms with van der Waals surface area (Å²) in [7, 11) is 0. The maximum Gasteiger partial charge on any atom is 0.456 e. The molecule has 0 aliphatic carbocycles. The first kappa shape index (κ1) is 16.4. The number of nitrogens with zero attached hydrogens (tertiary/aromatic N) is 2. The largest absolute Gasteiger partial charge is 0.471 e. The quantitative estimate of drug-likeness (QED) is 0.872. The minimum absolute atomic E-state index is 0.0738. The van der Waals surface area contributed by atoms with Gasteiger partial charge in [0.2, 0.25) is 5.88 Å². The molecule has 114 valence electrons. The molecule has 2 N–H and O–H groups in total. The van der Waals surface area contributed by atoms with Crippen molar-refractivity contribution in [1.29, 1.82) is 0 Å². The summed E-state index contributed by atoms with van der Waals surface area (Å²) in [4.78, 5) is 7.65. The first-order valence-electron chi connectivity index (χ1n) is 5.55. The third-order valence-corrected chi connectivity index (χ3v) is 2.21. The van der Waals surface area contributed by atoms with Gasteiger partial charge in [0.15, 0.2) is 6.61 Å². The fourth-order valence-electron chi connectivity index (χ4n) is 1.10. The third kappa shape index (κ3) is 3.91. The zero-order valence-corrected chi connectivity index (χ0v) is 11.1. The number of hydrogen-bond acceptors (Lipinski definition) is 4. The Morgan fingerprint density at radius 2 is 1.65 bits per heavy atom. The van der Waals surface area contributed by atoms with E-state index in [2.05, 4.69) is 14.7 Å². The van der Waals surface area contributed by atoms with Gasteiger partial charge in [0.1, 0.15) is 11.6 Å². The van der Waals surface area contributed by atoms with Gasteiger partial charge in [-0.05, 0) is 0 Å². The maximum atomic E-state index is 12.7. The van der Waals surface area contributed by atoms with Crippen LogP contribution in [0.2, 0.25) is 0 Å². The highest BCUT2D eigenvalue weighted by atomic mass is 19.4. The highest BCUT2D eigenvalue weighted by molar-refractivity contribution is 5.34. The van der Waals surface area contributed by atoms with Crippen molar-refractivity contribution in [2.45, 2.75) is 38.3 Å². The molecule has 0 spiro atoms. The van der Waals surface area contributed by atoms with E-state index >= 15 is 0 Å². The predicted octanol–water partition coefficient (Wildman–Crippen LogP) is 2.93. The van der Waals surface area contributed by atoms with Crippen molar-refractivity contribution in [3.8, 4) is 5.88 Å². The molecular formula is C11H14F5N3O. The van der Waals surface area contributed by atoms with Crippen molar-refractivity contribution in [3.63, 3.8) is 0 Å². The zero-order chi connectivity index (χ0) is 15.8. The lowest BCUT2D eigenvalue weighted by molar-refractivity contribution is -0.290. The number of nitrogen functional groups attached to an aromatic ring is 1. The van der Waals surface area contributed by atoms with Gasteiger partial charge in [0.25, 0.3) is 0 Å². The molecule has 0 saturated carbocycles. The molecule has 0 aliphatic rings. The van der Waals surface area contributed by atoms with Gasteiger partial charge in [0.05, 0.1) is 0 Å². The molecular weight excluding hydrogens is 285 g/mol. The van der Waals surface area contributed by atoms with Crippen LogP contribution >= 0.6 is 0 Å². The lowest BCUT2D eigenvalue weighted by Crippen LogP contribution is -2.41. The van der Waals surface area contributed by atoms with Crippen LogP contribution in [-0.4, -0.2) is 28.7 Å². The number of alkyl halides is 5. The van der Waals surface area contributed by atoms with E-state index in [0.717, 1.165) is 6.07 Å². The average Bonchev–Trinajstić information content (AvgIpc) is 2.23. The molecule has 1 aromatic rings. The molecule has 1 rings (SSSR count). The second-order valence-corrected chi connectivity index (χ2v) is 5.20. The van der Waals surface area contributed by atoms with Crippen molar-refractivity contribution < 1.29 is 26.7 Å². The fourth-order valence-corrected chi connectivity index (χ4v) is 1.10. The van der Waals surface area contributed by atoms with Crippen LogP contribution in [0.5, 0.6) is 5.88 Å². The molecule has 20 heavy (non-hydrogen) atoms. The van der Waals surface area contributed by atoms with Gasteiger partial charge in [-0.15, -0.1) is 0 Å². The van der Waals surface area contributed by atoms with Crippen LogP contribution < -0.4 is 10.5 Å². The molecule has 0 unspecified atom stereocenters. The summed E-state index contributed by atoms with van der Waals surface area (Å²) in [6.07, 6.45) is -5.68. The summed E-state index contributed by atoms with van der Waals surface area (Å²) in [6.45, 7) is 3.33. The van der Waals surface area contributed by atoms with Crippen LogP contribution in [0.1, 0.15) is 26.6 Å². The van der Waals surface area contributed by atoms with Crippen LogP contribution in [-0.2, 0) is 5.41 Å². The van der Waals surface area contributed by atoms with Crippen LogP contribution in [0.3, 0.4) is 0 Å². The lowest BCUT2D eigenvalue weighted by Gasteiger charge is -2.21. The summed E-state index contributed by atoms with van der Waals surface area (Å²) in [5, 5.41) is 0. The summed E-state index contributed by atoms with van der Waals surface area (Å²) in [6, 6.07) is 0.988. The van der Waals surface area contributed by atoms with Gasteiger partial charge in [-0.1, -0.05) is 20.8 Å². The molecule has 0 atom stereocenters. The summed E-state index contributed by atoms with van der Waals surface area (Å²) in [5.74, 6) is -5.28.